The molecule has 0 heterocycles. The second-order valence-corrected chi connectivity index (χ2v) is 4.91. The Morgan fingerprint density at radius 1 is 1.36 bits per heavy atom. The summed E-state index contributed by atoms with van der Waals surface area (Å²) in [5, 5.41) is 0. The molecular formula is C13H17N. The van der Waals surface area contributed by atoms with E-state index in [0.29, 0.717) is 11.5 Å². The van der Waals surface area contributed by atoms with Gasteiger partial charge in [0.25, 0.3) is 0 Å². The Hall–Kier alpha value is -0.820. The van der Waals surface area contributed by atoms with Gasteiger partial charge in [-0.15, -0.1) is 0 Å². The van der Waals surface area contributed by atoms with Crippen LogP contribution in [0.4, 0.5) is 0 Å². The van der Waals surface area contributed by atoms with Gasteiger partial charge in [0.1, 0.15) is 0 Å². The Bertz CT molecular complexity index is 377. The summed E-state index contributed by atoms with van der Waals surface area (Å²) in [4.78, 5) is 0. The molecule has 1 saturated carbocycles. The highest BCUT2D eigenvalue weighted by molar-refractivity contribution is 5.47. The van der Waals surface area contributed by atoms with Crippen molar-refractivity contribution in [2.45, 2.75) is 44.1 Å². The van der Waals surface area contributed by atoms with E-state index in [4.69, 9.17) is 5.73 Å². The van der Waals surface area contributed by atoms with E-state index in [9.17, 15) is 0 Å². The van der Waals surface area contributed by atoms with Crippen LogP contribution in [-0.4, -0.2) is 6.04 Å². The Morgan fingerprint density at radius 2 is 2.14 bits per heavy atom. The molecule has 0 bridgehead atoms. The molecule has 14 heavy (non-hydrogen) atoms. The molecule has 0 saturated heterocycles. The number of rotatable bonds is 0. The van der Waals surface area contributed by atoms with E-state index >= 15 is 0 Å². The molecule has 1 nitrogen and oxygen atoms in total. The standard InChI is InChI=1S/C13H17N/c1-9-3-2-4-10-5-6-11(14)13(7-8-13)12(9)10/h2-4,11H,5-8,14H2,1H3. The predicted molar refractivity (Wildman–Crippen MR) is 58.4 cm³/mol. The van der Waals surface area contributed by atoms with Crippen LogP contribution in [0.15, 0.2) is 18.2 Å². The summed E-state index contributed by atoms with van der Waals surface area (Å²) in [6, 6.07) is 7.11. The van der Waals surface area contributed by atoms with Crippen molar-refractivity contribution in [1.82, 2.24) is 0 Å². The number of fused-ring (bicyclic) bond motifs is 2. The number of nitrogens with two attached hydrogens (primary N) is 1. The largest absolute Gasteiger partial charge is 0.327 e. The average molecular weight is 187 g/mol. The lowest BCUT2D eigenvalue weighted by Crippen LogP contribution is -2.39. The van der Waals surface area contributed by atoms with Gasteiger partial charge < -0.3 is 5.73 Å². The Morgan fingerprint density at radius 3 is 2.86 bits per heavy atom. The number of aryl methyl sites for hydroxylation is 2. The Kier molecular flexibility index (Phi) is 1.58. The maximum Gasteiger partial charge on any atom is 0.0140 e. The third kappa shape index (κ3) is 0.936. The van der Waals surface area contributed by atoms with Crippen molar-refractivity contribution in [3.63, 3.8) is 0 Å². The molecule has 0 aromatic heterocycles. The van der Waals surface area contributed by atoms with Gasteiger partial charge in [-0.2, -0.15) is 0 Å². The summed E-state index contributed by atoms with van der Waals surface area (Å²) >= 11 is 0. The molecule has 3 rings (SSSR count). The number of hydrogen-bond donors (Lipinski definition) is 1. The second-order valence-electron chi connectivity index (χ2n) is 4.91. The molecule has 0 aliphatic heterocycles. The maximum atomic E-state index is 6.26. The van der Waals surface area contributed by atoms with Crippen LogP contribution >= 0.6 is 0 Å². The van der Waals surface area contributed by atoms with E-state index in [-0.39, 0.29) is 0 Å². The Labute approximate surface area is 85.3 Å². The molecule has 2 aliphatic rings. The highest BCUT2D eigenvalue weighted by atomic mass is 14.8. The highest BCUT2D eigenvalue weighted by Crippen LogP contribution is 2.55. The van der Waals surface area contributed by atoms with Crippen LogP contribution in [0.1, 0.15) is 36.0 Å². The van der Waals surface area contributed by atoms with Crippen molar-refractivity contribution in [3.8, 4) is 0 Å². The SMILES string of the molecule is Cc1cccc2c1C1(CC1)C(N)CC2. The first-order chi connectivity index (χ1) is 6.74. The quantitative estimate of drug-likeness (QED) is 0.662. The molecule has 1 spiro atoms. The molecule has 1 unspecified atom stereocenters. The second kappa shape index (κ2) is 2.60. The van der Waals surface area contributed by atoms with Gasteiger partial charge in [-0.25, -0.2) is 0 Å². The van der Waals surface area contributed by atoms with Crippen molar-refractivity contribution in [2.75, 3.05) is 0 Å². The minimum Gasteiger partial charge on any atom is -0.327 e. The molecule has 0 radical (unpaired) electrons. The molecule has 1 aromatic rings. The van der Waals surface area contributed by atoms with Crippen molar-refractivity contribution >= 4 is 0 Å². The van der Waals surface area contributed by atoms with Gasteiger partial charge >= 0.3 is 0 Å². The van der Waals surface area contributed by atoms with E-state index in [2.05, 4.69) is 25.1 Å². The van der Waals surface area contributed by atoms with Crippen LogP contribution in [0.5, 0.6) is 0 Å². The van der Waals surface area contributed by atoms with Gasteiger partial charge in [-0.1, -0.05) is 18.2 Å². The van der Waals surface area contributed by atoms with Crippen molar-refractivity contribution in [2.24, 2.45) is 5.73 Å². The van der Waals surface area contributed by atoms with E-state index in [1.54, 1.807) is 11.1 Å². The van der Waals surface area contributed by atoms with Gasteiger partial charge in [0.05, 0.1) is 0 Å². The molecule has 1 aromatic carbocycles. The van der Waals surface area contributed by atoms with Crippen molar-refractivity contribution in [3.05, 3.63) is 34.9 Å². The first-order valence-electron chi connectivity index (χ1n) is 5.58. The lowest BCUT2D eigenvalue weighted by Gasteiger charge is -2.32. The molecule has 74 valence electrons. The van der Waals surface area contributed by atoms with Crippen LogP contribution < -0.4 is 5.73 Å². The van der Waals surface area contributed by atoms with E-state index in [0.717, 1.165) is 0 Å². The zero-order valence-electron chi connectivity index (χ0n) is 8.72. The first kappa shape index (κ1) is 8.49. The zero-order chi connectivity index (χ0) is 9.76. The van der Waals surface area contributed by atoms with Crippen molar-refractivity contribution < 1.29 is 0 Å². The zero-order valence-corrected chi connectivity index (χ0v) is 8.72. The minimum atomic E-state index is 0.388. The van der Waals surface area contributed by atoms with E-state index in [1.807, 2.05) is 0 Å². The normalized spacial score (nSPS) is 27.4. The topological polar surface area (TPSA) is 26.0 Å². The van der Waals surface area contributed by atoms with Crippen LogP contribution in [-0.2, 0) is 11.8 Å². The third-order valence-electron chi connectivity index (χ3n) is 4.08. The number of hydrogen-bond acceptors (Lipinski definition) is 1. The van der Waals surface area contributed by atoms with Crippen LogP contribution in [0.25, 0.3) is 0 Å². The molecule has 2 N–H and O–H groups in total. The monoisotopic (exact) mass is 187 g/mol. The minimum absolute atomic E-state index is 0.388. The van der Waals surface area contributed by atoms with Crippen LogP contribution in [0, 0.1) is 6.92 Å². The maximum absolute atomic E-state index is 6.26. The van der Waals surface area contributed by atoms with Gasteiger partial charge in [-0.3, -0.25) is 0 Å². The van der Waals surface area contributed by atoms with Gasteiger partial charge in [0.2, 0.25) is 0 Å². The lowest BCUT2D eigenvalue weighted by atomic mass is 9.75. The molecule has 2 aliphatic carbocycles. The lowest BCUT2D eigenvalue weighted by molar-refractivity contribution is 0.452. The predicted octanol–water partition coefficient (Wildman–Crippen LogP) is 2.30. The van der Waals surface area contributed by atoms with Crippen LogP contribution in [0.2, 0.25) is 0 Å². The van der Waals surface area contributed by atoms with Gasteiger partial charge in [0.15, 0.2) is 0 Å². The fraction of sp³-hybridized carbons (Fsp3) is 0.538. The Balaban J connectivity index is 2.21. The summed E-state index contributed by atoms with van der Waals surface area (Å²) in [7, 11) is 0. The van der Waals surface area contributed by atoms with E-state index < -0.39 is 0 Å². The molecule has 0 amide bonds. The number of benzene rings is 1. The average Bonchev–Trinajstić information content (AvgIpc) is 2.94. The molecule has 1 atom stereocenters. The van der Waals surface area contributed by atoms with Crippen LogP contribution in [0.3, 0.4) is 0 Å². The summed E-state index contributed by atoms with van der Waals surface area (Å²) in [5.41, 5.74) is 11.3. The molecular weight excluding hydrogens is 170 g/mol. The van der Waals surface area contributed by atoms with Gasteiger partial charge in [0, 0.05) is 11.5 Å². The third-order valence-corrected chi connectivity index (χ3v) is 4.08. The summed E-state index contributed by atoms with van der Waals surface area (Å²) < 4.78 is 0. The summed E-state index contributed by atoms with van der Waals surface area (Å²) in [5.74, 6) is 0. The van der Waals surface area contributed by atoms with E-state index in [1.165, 1.54) is 31.2 Å². The summed E-state index contributed by atoms with van der Waals surface area (Å²) in [6.45, 7) is 2.23. The fourth-order valence-corrected chi connectivity index (χ4v) is 3.18. The van der Waals surface area contributed by atoms with Gasteiger partial charge in [-0.05, 0) is 49.3 Å². The molecule has 1 heteroatoms. The van der Waals surface area contributed by atoms with Crippen molar-refractivity contribution in [1.29, 1.82) is 0 Å². The molecule has 1 fully saturated rings. The summed E-state index contributed by atoms with van der Waals surface area (Å²) in [6.07, 6.45) is 4.98. The smallest absolute Gasteiger partial charge is 0.0140 e. The highest BCUT2D eigenvalue weighted by Gasteiger charge is 2.52. The fourth-order valence-electron chi connectivity index (χ4n) is 3.18. The first-order valence-corrected chi connectivity index (χ1v) is 5.58.